The van der Waals surface area contributed by atoms with Gasteiger partial charge in [-0.05, 0) is 23.7 Å². The van der Waals surface area contributed by atoms with Crippen molar-refractivity contribution in [2.24, 2.45) is 0 Å². The molecule has 2 atom stereocenters. The molecule has 0 amide bonds. The fraction of sp³-hybridized carbons (Fsp3) is 0.167. The van der Waals surface area contributed by atoms with Crippen LogP contribution in [0, 0.1) is 0 Å². The van der Waals surface area contributed by atoms with E-state index in [2.05, 4.69) is 29.2 Å². The lowest BCUT2D eigenvalue weighted by Crippen LogP contribution is -2.40. The first-order valence-corrected chi connectivity index (χ1v) is 6.89. The molecule has 0 fully saturated rings. The number of Topliss-reactive ketones (excluding diaryl/α,β-unsaturated/α-hetero) is 1. The Kier molecular flexibility index (Phi) is 2.41. The van der Waals surface area contributed by atoms with Gasteiger partial charge in [0.2, 0.25) is 0 Å². The molecular formula is C18H15NO. The van der Waals surface area contributed by atoms with E-state index in [1.54, 1.807) is 0 Å². The Labute approximate surface area is 118 Å². The molecule has 2 heterocycles. The highest BCUT2D eigenvalue weighted by molar-refractivity contribution is 6.07. The number of nitrogens with zero attached hydrogens (tertiary/aromatic N) is 1. The van der Waals surface area contributed by atoms with E-state index in [9.17, 15) is 4.79 Å². The zero-order chi connectivity index (χ0) is 13.7. The van der Waals surface area contributed by atoms with E-state index in [1.165, 1.54) is 11.1 Å². The summed E-state index contributed by atoms with van der Waals surface area (Å²) in [5, 5.41) is 0. The minimum Gasteiger partial charge on any atom is -0.292 e. The van der Waals surface area contributed by atoms with Gasteiger partial charge < -0.3 is 0 Å². The van der Waals surface area contributed by atoms with Crippen LogP contribution in [-0.2, 0) is 0 Å². The molecule has 2 aromatic rings. The van der Waals surface area contributed by atoms with Gasteiger partial charge in [0.05, 0.1) is 12.1 Å². The summed E-state index contributed by atoms with van der Waals surface area (Å²) in [6.45, 7) is 0. The molecule has 0 saturated heterocycles. The molecule has 0 spiro atoms. The Morgan fingerprint density at radius 2 is 1.65 bits per heavy atom. The molecule has 4 rings (SSSR count). The average Bonchev–Trinajstić information content (AvgIpc) is 2.77. The summed E-state index contributed by atoms with van der Waals surface area (Å²) in [5.41, 5.74) is 4.46. The molecule has 0 saturated carbocycles. The zero-order valence-corrected chi connectivity index (χ0v) is 11.3. The van der Waals surface area contributed by atoms with E-state index < -0.39 is 0 Å². The molecular weight excluding hydrogens is 246 g/mol. The predicted molar refractivity (Wildman–Crippen MR) is 79.5 cm³/mol. The van der Waals surface area contributed by atoms with E-state index >= 15 is 0 Å². The van der Waals surface area contributed by atoms with E-state index in [1.807, 2.05) is 43.4 Å². The van der Waals surface area contributed by atoms with Crippen molar-refractivity contribution < 1.29 is 4.79 Å². The van der Waals surface area contributed by atoms with Gasteiger partial charge in [-0.15, -0.1) is 0 Å². The van der Waals surface area contributed by atoms with Crippen LogP contribution in [0.4, 0.5) is 0 Å². The topological polar surface area (TPSA) is 20.3 Å². The van der Waals surface area contributed by atoms with Gasteiger partial charge in [-0.25, -0.2) is 0 Å². The van der Waals surface area contributed by atoms with Crippen molar-refractivity contribution in [3.8, 4) is 0 Å². The van der Waals surface area contributed by atoms with E-state index in [-0.39, 0.29) is 17.9 Å². The molecule has 0 N–H and O–H groups in total. The largest absolute Gasteiger partial charge is 0.292 e. The van der Waals surface area contributed by atoms with Crippen LogP contribution in [0.2, 0.25) is 0 Å². The Bertz CT molecular complexity index is 717. The van der Waals surface area contributed by atoms with E-state index in [4.69, 9.17) is 0 Å². The quantitative estimate of drug-likeness (QED) is 0.785. The lowest BCUT2D eigenvalue weighted by molar-refractivity contribution is 0.0862. The minimum absolute atomic E-state index is 0.120. The van der Waals surface area contributed by atoms with Crippen LogP contribution in [0.5, 0.6) is 0 Å². The standard InChI is InChI=1S/C18H15NO/c1-19-16-11-15(12-7-3-2-4-8-12)17(19)13-9-5-6-10-14(13)18(16)20/h2-11,16-17H,1H3/t16-,17-/m1/s1. The summed E-state index contributed by atoms with van der Waals surface area (Å²) in [7, 11) is 2.04. The normalized spacial score (nSPS) is 24.4. The molecule has 2 aliphatic heterocycles. The molecule has 0 unspecified atom stereocenters. The molecule has 2 aliphatic rings. The molecule has 0 aromatic heterocycles. The van der Waals surface area contributed by atoms with Crippen LogP contribution in [0.15, 0.2) is 60.7 Å². The number of ketones is 1. The lowest BCUT2D eigenvalue weighted by atomic mass is 9.88. The Morgan fingerprint density at radius 3 is 2.45 bits per heavy atom. The third-order valence-electron chi connectivity index (χ3n) is 4.37. The number of hydrogen-bond acceptors (Lipinski definition) is 2. The van der Waals surface area contributed by atoms with Crippen molar-refractivity contribution in [1.29, 1.82) is 0 Å². The van der Waals surface area contributed by atoms with Crippen molar-refractivity contribution >= 4 is 11.4 Å². The zero-order valence-electron chi connectivity index (χ0n) is 11.3. The van der Waals surface area contributed by atoms with Gasteiger partial charge in [0.25, 0.3) is 0 Å². The van der Waals surface area contributed by atoms with Gasteiger partial charge in [-0.3, -0.25) is 9.69 Å². The molecule has 2 heteroatoms. The van der Waals surface area contributed by atoms with Crippen molar-refractivity contribution in [1.82, 2.24) is 4.90 Å². The number of benzene rings is 2. The molecule has 20 heavy (non-hydrogen) atoms. The maximum atomic E-state index is 12.6. The minimum atomic E-state index is -0.120. The SMILES string of the molecule is CN1[C@@H]2C=C(c3ccccc3)[C@H]1c1ccccc1C2=O. The van der Waals surface area contributed by atoms with Crippen molar-refractivity contribution in [2.75, 3.05) is 7.05 Å². The summed E-state index contributed by atoms with van der Waals surface area (Å²) in [6.07, 6.45) is 2.13. The van der Waals surface area contributed by atoms with Crippen LogP contribution in [-0.4, -0.2) is 23.8 Å². The highest BCUT2D eigenvalue weighted by atomic mass is 16.1. The van der Waals surface area contributed by atoms with Crippen molar-refractivity contribution in [3.05, 3.63) is 77.4 Å². The Morgan fingerprint density at radius 1 is 0.950 bits per heavy atom. The van der Waals surface area contributed by atoms with Crippen molar-refractivity contribution in [2.45, 2.75) is 12.1 Å². The summed E-state index contributed by atoms with van der Waals surface area (Å²) < 4.78 is 0. The second-order valence-corrected chi connectivity index (χ2v) is 5.45. The summed E-state index contributed by atoms with van der Waals surface area (Å²) in [5.74, 6) is 0.213. The fourth-order valence-electron chi connectivity index (χ4n) is 3.41. The fourth-order valence-corrected chi connectivity index (χ4v) is 3.41. The number of carbonyl (C=O) groups is 1. The predicted octanol–water partition coefficient (Wildman–Crippen LogP) is 3.32. The second kappa shape index (κ2) is 4.15. The van der Waals surface area contributed by atoms with Gasteiger partial charge in [0.15, 0.2) is 5.78 Å². The van der Waals surface area contributed by atoms with Crippen LogP contribution in [0.25, 0.3) is 5.57 Å². The van der Waals surface area contributed by atoms with Gasteiger partial charge in [-0.2, -0.15) is 0 Å². The number of hydrogen-bond donors (Lipinski definition) is 0. The average molecular weight is 261 g/mol. The van der Waals surface area contributed by atoms with Crippen LogP contribution in [0.3, 0.4) is 0 Å². The summed E-state index contributed by atoms with van der Waals surface area (Å²) in [6, 6.07) is 18.4. The van der Waals surface area contributed by atoms with Gasteiger partial charge in [0.1, 0.15) is 0 Å². The van der Waals surface area contributed by atoms with Gasteiger partial charge >= 0.3 is 0 Å². The highest BCUT2D eigenvalue weighted by Gasteiger charge is 2.43. The smallest absolute Gasteiger partial charge is 0.184 e. The van der Waals surface area contributed by atoms with Crippen LogP contribution >= 0.6 is 0 Å². The number of likely N-dealkylation sites (N-methyl/N-ethyl adjacent to an activating group) is 1. The first kappa shape index (κ1) is 11.6. The molecule has 2 aromatic carbocycles. The Balaban J connectivity index is 1.92. The summed E-state index contributed by atoms with van der Waals surface area (Å²) in [4.78, 5) is 14.7. The molecule has 2 nitrogen and oxygen atoms in total. The van der Waals surface area contributed by atoms with Gasteiger partial charge in [-0.1, -0.05) is 60.7 Å². The molecule has 98 valence electrons. The summed E-state index contributed by atoms with van der Waals surface area (Å²) >= 11 is 0. The first-order valence-electron chi connectivity index (χ1n) is 6.89. The maximum absolute atomic E-state index is 12.6. The number of fused-ring (bicyclic) bond motifs is 4. The third-order valence-corrected chi connectivity index (χ3v) is 4.37. The number of rotatable bonds is 1. The first-order chi connectivity index (χ1) is 9.77. The lowest BCUT2D eigenvalue weighted by Gasteiger charge is -2.33. The Hall–Kier alpha value is -2.19. The highest BCUT2D eigenvalue weighted by Crippen LogP contribution is 2.46. The van der Waals surface area contributed by atoms with E-state index in [0.717, 1.165) is 11.1 Å². The molecule has 0 radical (unpaired) electrons. The van der Waals surface area contributed by atoms with Gasteiger partial charge in [0, 0.05) is 5.56 Å². The van der Waals surface area contributed by atoms with Crippen LogP contribution < -0.4 is 0 Å². The molecule has 2 bridgehead atoms. The number of carbonyl (C=O) groups excluding carboxylic acids is 1. The monoisotopic (exact) mass is 261 g/mol. The second-order valence-electron chi connectivity index (χ2n) is 5.45. The van der Waals surface area contributed by atoms with E-state index in [0.29, 0.717) is 0 Å². The third kappa shape index (κ3) is 1.46. The maximum Gasteiger partial charge on any atom is 0.184 e. The van der Waals surface area contributed by atoms with Crippen LogP contribution in [0.1, 0.15) is 27.5 Å². The van der Waals surface area contributed by atoms with Crippen molar-refractivity contribution in [3.63, 3.8) is 0 Å². The molecule has 0 aliphatic carbocycles.